The Bertz CT molecular complexity index is 528. The van der Waals surface area contributed by atoms with Gasteiger partial charge in [-0.05, 0) is 18.0 Å². The topological polar surface area (TPSA) is 3.24 Å². The SMILES string of the molecule is CCN(Cc1[c-]c(C(C)C)ccc1)Cc1ccccc1.[Br-].[Mg+2]. The zero-order chi connectivity index (χ0) is 14.4. The Morgan fingerprint density at radius 2 is 1.64 bits per heavy atom. The molecule has 0 radical (unpaired) electrons. The first-order valence-electron chi connectivity index (χ1n) is 7.46. The van der Waals surface area contributed by atoms with Crippen LogP contribution in [0, 0.1) is 6.07 Å². The summed E-state index contributed by atoms with van der Waals surface area (Å²) in [6.07, 6.45) is 0. The normalized spacial score (nSPS) is 10.2. The van der Waals surface area contributed by atoms with Gasteiger partial charge in [0.2, 0.25) is 0 Å². The van der Waals surface area contributed by atoms with Crippen molar-refractivity contribution in [3.63, 3.8) is 0 Å². The molecular weight excluding hydrogens is 346 g/mol. The van der Waals surface area contributed by atoms with E-state index in [0.717, 1.165) is 19.6 Å². The van der Waals surface area contributed by atoms with E-state index >= 15 is 0 Å². The van der Waals surface area contributed by atoms with Crippen molar-refractivity contribution >= 4 is 23.1 Å². The fourth-order valence-electron chi connectivity index (χ4n) is 2.33. The van der Waals surface area contributed by atoms with E-state index in [-0.39, 0.29) is 40.0 Å². The van der Waals surface area contributed by atoms with Crippen LogP contribution >= 0.6 is 0 Å². The standard InChI is InChI=1S/C19H24N.BrH.Mg/c1-4-20(14-17-9-6-5-7-10-17)15-18-11-8-12-19(13-18)16(2)3;;/h5-12,16H,4,14-15H2,1-3H3;1H;/q-1;;+2/p-1. The molecule has 0 bridgehead atoms. The summed E-state index contributed by atoms with van der Waals surface area (Å²) in [6, 6.07) is 20.7. The molecule has 2 rings (SSSR count). The quantitative estimate of drug-likeness (QED) is 0.547. The molecule has 0 N–H and O–H groups in total. The van der Waals surface area contributed by atoms with Crippen LogP contribution in [0.2, 0.25) is 0 Å². The van der Waals surface area contributed by atoms with Crippen LogP contribution in [0.15, 0.2) is 48.5 Å². The van der Waals surface area contributed by atoms with Crippen molar-refractivity contribution in [2.45, 2.75) is 39.8 Å². The van der Waals surface area contributed by atoms with E-state index in [1.54, 1.807) is 0 Å². The minimum atomic E-state index is 0. The fourth-order valence-corrected chi connectivity index (χ4v) is 2.33. The van der Waals surface area contributed by atoms with Crippen molar-refractivity contribution < 1.29 is 17.0 Å². The summed E-state index contributed by atoms with van der Waals surface area (Å²) in [5, 5.41) is 0. The van der Waals surface area contributed by atoms with E-state index in [1.807, 2.05) is 0 Å². The van der Waals surface area contributed by atoms with E-state index in [1.165, 1.54) is 16.7 Å². The Morgan fingerprint density at radius 3 is 2.23 bits per heavy atom. The van der Waals surface area contributed by atoms with Crippen LogP contribution in [0.1, 0.15) is 43.4 Å². The van der Waals surface area contributed by atoms with Gasteiger partial charge in [0.25, 0.3) is 0 Å². The van der Waals surface area contributed by atoms with Crippen molar-refractivity contribution in [2.24, 2.45) is 0 Å². The second-order valence-corrected chi connectivity index (χ2v) is 5.57. The number of hydrogen-bond donors (Lipinski definition) is 0. The molecule has 3 heteroatoms. The summed E-state index contributed by atoms with van der Waals surface area (Å²) in [7, 11) is 0. The maximum absolute atomic E-state index is 3.55. The van der Waals surface area contributed by atoms with Gasteiger partial charge in [0.1, 0.15) is 0 Å². The van der Waals surface area contributed by atoms with Gasteiger partial charge in [-0.3, -0.25) is 4.90 Å². The molecule has 0 heterocycles. The van der Waals surface area contributed by atoms with Gasteiger partial charge < -0.3 is 17.0 Å². The van der Waals surface area contributed by atoms with Gasteiger partial charge >= 0.3 is 23.1 Å². The average molecular weight is 371 g/mol. The van der Waals surface area contributed by atoms with Gasteiger partial charge in [0.05, 0.1) is 0 Å². The molecule has 0 saturated heterocycles. The third-order valence-corrected chi connectivity index (χ3v) is 3.59. The van der Waals surface area contributed by atoms with Gasteiger partial charge in [-0.2, -0.15) is 29.8 Å². The second-order valence-electron chi connectivity index (χ2n) is 5.57. The number of rotatable bonds is 6. The fraction of sp³-hybridized carbons (Fsp3) is 0.368. The van der Waals surface area contributed by atoms with E-state index < -0.39 is 0 Å². The van der Waals surface area contributed by atoms with Crippen LogP contribution in [0.25, 0.3) is 0 Å². The predicted molar refractivity (Wildman–Crippen MR) is 91.4 cm³/mol. The van der Waals surface area contributed by atoms with Crippen LogP contribution in [-0.2, 0) is 13.1 Å². The average Bonchev–Trinajstić information content (AvgIpc) is 2.48. The van der Waals surface area contributed by atoms with E-state index in [2.05, 4.69) is 80.3 Å². The monoisotopic (exact) mass is 369 g/mol. The Balaban J connectivity index is 0.00000220. The smallest absolute Gasteiger partial charge is 1.00 e. The summed E-state index contributed by atoms with van der Waals surface area (Å²) < 4.78 is 0. The largest absolute Gasteiger partial charge is 2.00 e. The van der Waals surface area contributed by atoms with Crippen LogP contribution in [0.4, 0.5) is 0 Å². The number of benzene rings is 2. The van der Waals surface area contributed by atoms with Gasteiger partial charge in [0.15, 0.2) is 0 Å². The first-order valence-corrected chi connectivity index (χ1v) is 7.46. The molecule has 2 aromatic rings. The first kappa shape index (κ1) is 21.6. The molecule has 0 aromatic heterocycles. The van der Waals surface area contributed by atoms with Crippen molar-refractivity contribution in [1.29, 1.82) is 0 Å². The molecule has 0 aliphatic rings. The molecule has 2 aromatic carbocycles. The van der Waals surface area contributed by atoms with Gasteiger partial charge in [-0.25, -0.2) is 0 Å². The maximum atomic E-state index is 3.55. The van der Waals surface area contributed by atoms with Gasteiger partial charge in [0, 0.05) is 13.1 Å². The summed E-state index contributed by atoms with van der Waals surface area (Å²) in [6.45, 7) is 9.67. The summed E-state index contributed by atoms with van der Waals surface area (Å²) >= 11 is 0. The molecule has 22 heavy (non-hydrogen) atoms. The third-order valence-electron chi connectivity index (χ3n) is 3.59. The predicted octanol–water partition coefficient (Wildman–Crippen LogP) is 1.26. The molecular formula is C19H24BrMgN. The molecule has 0 unspecified atom stereocenters. The molecule has 0 aliphatic carbocycles. The van der Waals surface area contributed by atoms with Crippen molar-refractivity contribution in [2.75, 3.05) is 6.54 Å². The Labute approximate surface area is 162 Å². The van der Waals surface area contributed by atoms with E-state index in [9.17, 15) is 0 Å². The molecule has 0 aliphatic heterocycles. The molecule has 0 fully saturated rings. The van der Waals surface area contributed by atoms with Crippen molar-refractivity contribution in [1.82, 2.24) is 4.90 Å². The molecule has 1 nitrogen and oxygen atoms in total. The molecule has 0 saturated carbocycles. The molecule has 0 atom stereocenters. The number of nitrogens with zero attached hydrogens (tertiary/aromatic N) is 1. The van der Waals surface area contributed by atoms with Gasteiger partial charge in [-0.1, -0.05) is 51.1 Å². The van der Waals surface area contributed by atoms with Crippen LogP contribution in [-0.4, -0.2) is 34.5 Å². The first-order chi connectivity index (χ1) is 9.69. The molecule has 114 valence electrons. The number of hydrogen-bond acceptors (Lipinski definition) is 1. The summed E-state index contributed by atoms with van der Waals surface area (Å²) in [5.41, 5.74) is 3.96. The maximum Gasteiger partial charge on any atom is 2.00 e. The Kier molecular flexibility index (Phi) is 11.0. The zero-order valence-corrected chi connectivity index (χ0v) is 16.8. The Hall–Kier alpha value is -0.354. The van der Waals surface area contributed by atoms with E-state index in [4.69, 9.17) is 0 Å². The zero-order valence-electron chi connectivity index (χ0n) is 13.8. The number of halogens is 1. The van der Waals surface area contributed by atoms with Crippen LogP contribution in [0.5, 0.6) is 0 Å². The van der Waals surface area contributed by atoms with Crippen LogP contribution in [0.3, 0.4) is 0 Å². The van der Waals surface area contributed by atoms with Crippen molar-refractivity contribution in [3.8, 4) is 0 Å². The molecule has 0 spiro atoms. The van der Waals surface area contributed by atoms with E-state index in [0.29, 0.717) is 5.92 Å². The summed E-state index contributed by atoms with van der Waals surface area (Å²) in [4.78, 5) is 2.45. The third kappa shape index (κ3) is 6.82. The van der Waals surface area contributed by atoms with Gasteiger partial charge in [-0.15, -0.1) is 5.56 Å². The summed E-state index contributed by atoms with van der Waals surface area (Å²) in [5.74, 6) is 0.541. The molecule has 0 amide bonds. The van der Waals surface area contributed by atoms with Crippen molar-refractivity contribution in [3.05, 3.63) is 71.3 Å². The second kappa shape index (κ2) is 11.2. The minimum absolute atomic E-state index is 0. The minimum Gasteiger partial charge on any atom is -1.00 e. The van der Waals surface area contributed by atoms with Crippen LogP contribution < -0.4 is 17.0 Å². The Morgan fingerprint density at radius 1 is 0.955 bits per heavy atom.